The number of hydrogen-bond donors (Lipinski definition) is 1. The second-order valence-corrected chi connectivity index (χ2v) is 7.40. The Morgan fingerprint density at radius 1 is 1.03 bits per heavy atom. The second kappa shape index (κ2) is 10.2. The number of nitro groups is 1. The molecule has 0 saturated heterocycles. The average molecular weight is 511 g/mol. The van der Waals surface area contributed by atoms with E-state index in [1.165, 1.54) is 53.5 Å². The molecule has 4 rings (SSSR count). The Kier molecular flexibility index (Phi) is 6.86. The number of benzene rings is 3. The molecular weight excluding hydrogens is 495 g/mol. The highest BCUT2D eigenvalue weighted by Gasteiger charge is 2.31. The van der Waals surface area contributed by atoms with Gasteiger partial charge in [-0.25, -0.2) is 14.5 Å². The molecule has 4 aromatic rings. The van der Waals surface area contributed by atoms with Crippen LogP contribution < -0.4 is 15.2 Å². The number of rotatable bonds is 7. The normalized spacial score (nSPS) is 11.4. The highest BCUT2D eigenvalue weighted by Crippen LogP contribution is 2.33. The molecule has 0 aliphatic heterocycles. The van der Waals surface area contributed by atoms with Gasteiger partial charge in [-0.15, -0.1) is 18.3 Å². The molecule has 0 spiro atoms. The van der Waals surface area contributed by atoms with E-state index >= 15 is 0 Å². The Morgan fingerprint density at radius 2 is 1.73 bits per heavy atom. The molecule has 10 nitrogen and oxygen atoms in total. The monoisotopic (exact) mass is 511 g/mol. The fraction of sp³-hybridized carbons (Fsp3) is 0.0417. The molecule has 0 aliphatic carbocycles. The number of hydrogen-bond acceptors (Lipinski definition) is 7. The number of amides is 1. The fourth-order valence-electron chi connectivity index (χ4n) is 3.28. The molecule has 188 valence electrons. The third-order valence-corrected chi connectivity index (χ3v) is 4.87. The third-order valence-electron chi connectivity index (χ3n) is 4.87. The maximum absolute atomic E-state index is 12.3. The number of halogens is 3. The number of nitrogens with zero attached hydrogens (tertiary/aromatic N) is 4. The van der Waals surface area contributed by atoms with Gasteiger partial charge >= 0.3 is 12.5 Å². The predicted molar refractivity (Wildman–Crippen MR) is 126 cm³/mol. The van der Waals surface area contributed by atoms with Gasteiger partial charge in [-0.3, -0.25) is 10.1 Å². The Labute approximate surface area is 206 Å². The highest BCUT2D eigenvalue weighted by atomic mass is 19.4. The summed E-state index contributed by atoms with van der Waals surface area (Å²) in [6.07, 6.45) is -1.12. The summed E-state index contributed by atoms with van der Waals surface area (Å²) in [7, 11) is 0. The topological polar surface area (TPSA) is 135 Å². The minimum absolute atomic E-state index is 0.0960. The molecular formula is C24H16F3N5O5. The molecule has 1 aromatic heterocycles. The van der Waals surface area contributed by atoms with Gasteiger partial charge in [0.2, 0.25) is 0 Å². The third kappa shape index (κ3) is 6.48. The van der Waals surface area contributed by atoms with Crippen LogP contribution in [0, 0.1) is 10.1 Å². The summed E-state index contributed by atoms with van der Waals surface area (Å²) in [6.45, 7) is 0. The van der Waals surface area contributed by atoms with Gasteiger partial charge in [0.1, 0.15) is 17.8 Å². The van der Waals surface area contributed by atoms with E-state index in [-0.39, 0.29) is 17.2 Å². The first kappa shape index (κ1) is 24.9. The Hall–Kier alpha value is -5.20. The number of nitrogens with two attached hydrogens (primary N) is 1. The van der Waals surface area contributed by atoms with Gasteiger partial charge in [-0.1, -0.05) is 12.1 Å². The van der Waals surface area contributed by atoms with Gasteiger partial charge in [0.15, 0.2) is 5.82 Å². The molecule has 0 unspecified atom stereocenters. The van der Waals surface area contributed by atoms with Crippen molar-refractivity contribution in [2.24, 2.45) is 5.73 Å². The first-order valence-corrected chi connectivity index (χ1v) is 10.4. The number of non-ortho nitro benzene ring substituents is 1. The summed E-state index contributed by atoms with van der Waals surface area (Å²) < 4.78 is 47.3. The molecule has 0 saturated carbocycles. The van der Waals surface area contributed by atoms with Crippen LogP contribution in [0.1, 0.15) is 11.4 Å². The summed E-state index contributed by atoms with van der Waals surface area (Å²) in [6, 6.07) is 15.7. The van der Waals surface area contributed by atoms with E-state index in [9.17, 15) is 28.1 Å². The van der Waals surface area contributed by atoms with Crippen molar-refractivity contribution in [1.82, 2.24) is 14.8 Å². The highest BCUT2D eigenvalue weighted by molar-refractivity contribution is 5.79. The molecule has 37 heavy (non-hydrogen) atoms. The summed E-state index contributed by atoms with van der Waals surface area (Å²) in [4.78, 5) is 25.9. The minimum Gasteiger partial charge on any atom is -0.410 e. The largest absolute Gasteiger partial charge is 0.573 e. The number of ether oxygens (including phenoxy) is 2. The lowest BCUT2D eigenvalue weighted by Crippen LogP contribution is -2.17. The van der Waals surface area contributed by atoms with Gasteiger partial charge < -0.3 is 15.2 Å². The SMILES string of the molecule is NC(=O)Oc1ccc(/C=C/c2ncn(-c3ccc(OC(F)(F)F)cc3)n2)cc1-c1ccc([N+](=O)[O-])cc1. The van der Waals surface area contributed by atoms with Gasteiger partial charge in [0.05, 0.1) is 10.6 Å². The minimum atomic E-state index is -4.78. The van der Waals surface area contributed by atoms with Crippen LogP contribution in [0.25, 0.3) is 29.0 Å². The van der Waals surface area contributed by atoms with Crippen LogP contribution in [-0.4, -0.2) is 32.1 Å². The van der Waals surface area contributed by atoms with Gasteiger partial charge in [-0.2, -0.15) is 0 Å². The van der Waals surface area contributed by atoms with Gasteiger partial charge in [0, 0.05) is 17.7 Å². The van der Waals surface area contributed by atoms with Crippen molar-refractivity contribution in [3.05, 3.63) is 94.6 Å². The fourth-order valence-corrected chi connectivity index (χ4v) is 3.28. The Bertz CT molecular complexity index is 1470. The predicted octanol–water partition coefficient (Wildman–Crippen LogP) is 5.37. The quantitative estimate of drug-likeness (QED) is 0.260. The molecule has 0 fully saturated rings. The van der Waals surface area contributed by atoms with Gasteiger partial charge in [0.25, 0.3) is 5.69 Å². The van der Waals surface area contributed by atoms with Crippen molar-refractivity contribution >= 4 is 23.9 Å². The standard InChI is InChI=1S/C24H16F3N5O5/c25-24(26,27)37-19-9-7-17(8-10-19)31-14-29-22(30-31)12-2-15-1-11-21(36-23(28)33)20(13-15)16-3-5-18(6-4-16)32(34)35/h1-14H,(H2,28,33)/b12-2+. The maximum Gasteiger partial charge on any atom is 0.573 e. The number of alkyl halides is 3. The summed E-state index contributed by atoms with van der Waals surface area (Å²) in [5.74, 6) is 0.118. The van der Waals surface area contributed by atoms with Crippen LogP contribution in [0.2, 0.25) is 0 Å². The lowest BCUT2D eigenvalue weighted by atomic mass is 10.0. The van der Waals surface area contributed by atoms with E-state index in [0.29, 0.717) is 28.2 Å². The molecule has 1 amide bonds. The molecule has 13 heteroatoms. The smallest absolute Gasteiger partial charge is 0.410 e. The molecule has 1 heterocycles. The van der Waals surface area contributed by atoms with Crippen LogP contribution in [0.15, 0.2) is 73.1 Å². The van der Waals surface area contributed by atoms with Crippen molar-refractivity contribution in [1.29, 1.82) is 0 Å². The van der Waals surface area contributed by atoms with Crippen molar-refractivity contribution in [2.75, 3.05) is 0 Å². The van der Waals surface area contributed by atoms with Crippen LogP contribution in [-0.2, 0) is 0 Å². The Balaban J connectivity index is 1.56. The average Bonchev–Trinajstić information content (AvgIpc) is 3.32. The molecule has 0 atom stereocenters. The van der Waals surface area contributed by atoms with E-state index in [0.717, 1.165) is 12.1 Å². The lowest BCUT2D eigenvalue weighted by Gasteiger charge is -2.10. The van der Waals surface area contributed by atoms with Crippen molar-refractivity contribution in [3.8, 4) is 28.3 Å². The Morgan fingerprint density at radius 3 is 2.35 bits per heavy atom. The van der Waals surface area contributed by atoms with Crippen LogP contribution in [0.4, 0.5) is 23.7 Å². The van der Waals surface area contributed by atoms with Crippen LogP contribution in [0.5, 0.6) is 11.5 Å². The first-order chi connectivity index (χ1) is 17.6. The molecule has 0 bridgehead atoms. The number of aromatic nitrogens is 3. The van der Waals surface area contributed by atoms with E-state index in [1.54, 1.807) is 24.3 Å². The maximum atomic E-state index is 12.3. The zero-order valence-electron chi connectivity index (χ0n) is 18.6. The van der Waals surface area contributed by atoms with E-state index in [2.05, 4.69) is 14.8 Å². The summed E-state index contributed by atoms with van der Waals surface area (Å²) >= 11 is 0. The van der Waals surface area contributed by atoms with E-state index < -0.39 is 17.4 Å². The van der Waals surface area contributed by atoms with Crippen LogP contribution in [0.3, 0.4) is 0 Å². The van der Waals surface area contributed by atoms with Crippen molar-refractivity contribution in [3.63, 3.8) is 0 Å². The van der Waals surface area contributed by atoms with Crippen molar-refractivity contribution < 1.29 is 32.4 Å². The first-order valence-electron chi connectivity index (χ1n) is 10.4. The molecule has 2 N–H and O–H groups in total. The van der Waals surface area contributed by atoms with E-state index in [1.807, 2.05) is 0 Å². The second-order valence-electron chi connectivity index (χ2n) is 7.40. The zero-order chi connectivity index (χ0) is 26.6. The van der Waals surface area contributed by atoms with Crippen molar-refractivity contribution in [2.45, 2.75) is 6.36 Å². The van der Waals surface area contributed by atoms with Crippen LogP contribution >= 0.6 is 0 Å². The zero-order valence-corrected chi connectivity index (χ0v) is 18.6. The lowest BCUT2D eigenvalue weighted by molar-refractivity contribution is -0.384. The molecule has 0 aliphatic rings. The number of carbonyl (C=O) groups excluding carboxylic acids is 1. The van der Waals surface area contributed by atoms with Gasteiger partial charge in [-0.05, 0) is 65.7 Å². The molecule has 0 radical (unpaired) electrons. The summed E-state index contributed by atoms with van der Waals surface area (Å²) in [5, 5.41) is 15.2. The number of nitro benzene ring substituents is 1. The summed E-state index contributed by atoms with van der Waals surface area (Å²) in [5.41, 5.74) is 7.21. The number of primary amides is 1. The molecule has 3 aromatic carbocycles. The number of carbonyl (C=O) groups is 1. The van der Waals surface area contributed by atoms with E-state index in [4.69, 9.17) is 10.5 Å².